The molecule has 0 atom stereocenters. The van der Waals surface area contributed by atoms with Crippen LogP contribution in [0, 0.1) is 0 Å². The summed E-state index contributed by atoms with van der Waals surface area (Å²) < 4.78 is 5.56. The molecule has 3 saturated heterocycles. The Morgan fingerprint density at radius 1 is 1.25 bits per heavy atom. The molecule has 7 heteroatoms. The predicted octanol–water partition coefficient (Wildman–Crippen LogP) is 2.79. The predicted molar refractivity (Wildman–Crippen MR) is 107 cm³/mol. The maximum atomic E-state index is 12.9. The highest BCUT2D eigenvalue weighted by Gasteiger charge is 2.52. The quantitative estimate of drug-likeness (QED) is 0.777. The lowest BCUT2D eigenvalue weighted by Gasteiger charge is -2.46. The zero-order valence-electron chi connectivity index (χ0n) is 16.4. The highest BCUT2D eigenvalue weighted by atomic mass is 35.5. The molecule has 0 unspecified atom stereocenters. The lowest BCUT2D eigenvalue weighted by Crippen LogP contribution is -2.57. The molecule has 0 saturated carbocycles. The number of ether oxygens (including phenoxy) is 1. The number of rotatable bonds is 3. The Morgan fingerprint density at radius 2 is 1.96 bits per heavy atom. The molecule has 3 amide bonds. The Morgan fingerprint density at radius 3 is 2.64 bits per heavy atom. The number of halogens is 1. The summed E-state index contributed by atoms with van der Waals surface area (Å²) in [6.07, 6.45) is 3.85. The van der Waals surface area contributed by atoms with Gasteiger partial charge < -0.3 is 19.4 Å². The molecule has 3 heterocycles. The fraction of sp³-hybridized carbons (Fsp3) is 0.619. The van der Waals surface area contributed by atoms with E-state index in [2.05, 4.69) is 4.90 Å². The van der Waals surface area contributed by atoms with E-state index in [0.717, 1.165) is 37.8 Å². The smallest absolute Gasteiger partial charge is 0.320 e. The highest BCUT2D eigenvalue weighted by Crippen LogP contribution is 2.38. The average molecular weight is 406 g/mol. The van der Waals surface area contributed by atoms with Gasteiger partial charge in [0.2, 0.25) is 5.91 Å². The van der Waals surface area contributed by atoms with Crippen molar-refractivity contribution in [1.82, 2.24) is 14.7 Å². The number of carbonyl (C=O) groups excluding carboxylic acids is 2. The van der Waals surface area contributed by atoms with Crippen LogP contribution in [0.2, 0.25) is 5.02 Å². The lowest BCUT2D eigenvalue weighted by atomic mass is 9.86. The van der Waals surface area contributed by atoms with E-state index in [9.17, 15) is 9.59 Å². The minimum atomic E-state index is -0.0955. The largest absolute Gasteiger partial charge is 0.381 e. The fourth-order valence-electron chi connectivity index (χ4n) is 4.97. The first-order valence-electron chi connectivity index (χ1n) is 10.1. The summed E-state index contributed by atoms with van der Waals surface area (Å²) in [6, 6.07) is 7.80. The van der Waals surface area contributed by atoms with Crippen LogP contribution in [0.15, 0.2) is 24.3 Å². The number of likely N-dealkylation sites (tertiary alicyclic amines) is 1. The number of hydrogen-bond donors (Lipinski definition) is 0. The van der Waals surface area contributed by atoms with Crippen LogP contribution in [-0.4, -0.2) is 78.1 Å². The van der Waals surface area contributed by atoms with Crippen LogP contribution in [0.1, 0.15) is 31.2 Å². The minimum absolute atomic E-state index is 0.0955. The van der Waals surface area contributed by atoms with Crippen molar-refractivity contribution in [2.75, 3.05) is 39.9 Å². The van der Waals surface area contributed by atoms with Gasteiger partial charge in [0, 0.05) is 51.0 Å². The maximum absolute atomic E-state index is 12.9. The summed E-state index contributed by atoms with van der Waals surface area (Å²) >= 11 is 6.03. The van der Waals surface area contributed by atoms with Gasteiger partial charge in [0.1, 0.15) is 0 Å². The molecule has 0 aliphatic carbocycles. The van der Waals surface area contributed by atoms with Crippen molar-refractivity contribution in [3.63, 3.8) is 0 Å². The van der Waals surface area contributed by atoms with E-state index >= 15 is 0 Å². The third-order valence-electron chi connectivity index (χ3n) is 6.43. The molecule has 6 nitrogen and oxygen atoms in total. The average Bonchev–Trinajstić information content (AvgIpc) is 2.92. The molecular formula is C21H28ClN3O3. The van der Waals surface area contributed by atoms with Crippen LogP contribution in [0.5, 0.6) is 0 Å². The fourth-order valence-corrected chi connectivity index (χ4v) is 5.19. The van der Waals surface area contributed by atoms with Gasteiger partial charge in [0.15, 0.2) is 0 Å². The van der Waals surface area contributed by atoms with Crippen LogP contribution >= 0.6 is 11.6 Å². The van der Waals surface area contributed by atoms with E-state index in [0.29, 0.717) is 37.7 Å². The van der Waals surface area contributed by atoms with Crippen molar-refractivity contribution in [3.05, 3.63) is 34.9 Å². The Bertz CT molecular complexity index is 742. The normalized spacial score (nSPS) is 22.9. The van der Waals surface area contributed by atoms with E-state index in [1.807, 2.05) is 41.1 Å². The maximum Gasteiger partial charge on any atom is 0.320 e. The summed E-state index contributed by atoms with van der Waals surface area (Å²) in [5.74, 6) is 0.131. The molecule has 3 aliphatic rings. The summed E-state index contributed by atoms with van der Waals surface area (Å²) in [4.78, 5) is 31.5. The molecule has 0 radical (unpaired) electrons. The van der Waals surface area contributed by atoms with Crippen molar-refractivity contribution in [2.45, 2.75) is 43.7 Å². The first kappa shape index (κ1) is 19.5. The number of nitrogens with zero attached hydrogens (tertiary/aromatic N) is 3. The van der Waals surface area contributed by atoms with E-state index in [1.54, 1.807) is 0 Å². The van der Waals surface area contributed by atoms with Crippen LogP contribution in [0.4, 0.5) is 4.79 Å². The van der Waals surface area contributed by atoms with Crippen LogP contribution in [0.25, 0.3) is 0 Å². The molecule has 4 rings (SSSR count). The third kappa shape index (κ3) is 3.72. The first-order chi connectivity index (χ1) is 13.5. The van der Waals surface area contributed by atoms with Gasteiger partial charge in [-0.25, -0.2) is 4.79 Å². The van der Waals surface area contributed by atoms with Crippen molar-refractivity contribution in [1.29, 1.82) is 0 Å². The minimum Gasteiger partial charge on any atom is -0.381 e. The molecule has 3 fully saturated rings. The topological polar surface area (TPSA) is 53.1 Å². The van der Waals surface area contributed by atoms with Crippen molar-refractivity contribution in [3.8, 4) is 0 Å². The second-order valence-corrected chi connectivity index (χ2v) is 8.70. The summed E-state index contributed by atoms with van der Waals surface area (Å²) in [5, 5.41) is 0.655. The monoisotopic (exact) mass is 405 g/mol. The molecule has 0 bridgehead atoms. The number of amides is 3. The molecule has 1 aromatic rings. The lowest BCUT2D eigenvalue weighted by molar-refractivity contribution is -0.132. The number of benzene rings is 1. The standard InChI is InChI=1S/C21H28ClN3O3/c1-23-15-21(7-11-28-12-8-21)25(20(23)27)18-5-9-24(10-6-18)19(26)14-16-3-2-4-17(22)13-16/h2-4,13,18H,5-12,14-15H2,1H3. The number of carbonyl (C=O) groups is 2. The molecule has 1 spiro atoms. The van der Waals surface area contributed by atoms with E-state index < -0.39 is 0 Å². The second kappa shape index (κ2) is 7.91. The van der Waals surface area contributed by atoms with Gasteiger partial charge in [0.25, 0.3) is 0 Å². The third-order valence-corrected chi connectivity index (χ3v) is 6.66. The summed E-state index contributed by atoms with van der Waals surface area (Å²) in [6.45, 7) is 3.61. The number of likely N-dealkylation sites (N-methyl/N-ethyl adjacent to an activating group) is 1. The second-order valence-electron chi connectivity index (χ2n) is 8.26. The van der Waals surface area contributed by atoms with Crippen LogP contribution in [0.3, 0.4) is 0 Å². The van der Waals surface area contributed by atoms with Crippen molar-refractivity contribution >= 4 is 23.5 Å². The molecule has 152 valence electrons. The van der Waals surface area contributed by atoms with Gasteiger partial charge in [-0.15, -0.1) is 0 Å². The summed E-state index contributed by atoms with van der Waals surface area (Å²) in [7, 11) is 1.89. The van der Waals surface area contributed by atoms with Gasteiger partial charge in [-0.05, 0) is 43.4 Å². The highest BCUT2D eigenvalue weighted by molar-refractivity contribution is 6.30. The van der Waals surface area contributed by atoms with Gasteiger partial charge >= 0.3 is 6.03 Å². The Kier molecular flexibility index (Phi) is 5.52. The zero-order chi connectivity index (χ0) is 19.7. The van der Waals surface area contributed by atoms with Gasteiger partial charge in [-0.2, -0.15) is 0 Å². The van der Waals surface area contributed by atoms with Crippen LogP contribution in [-0.2, 0) is 16.0 Å². The van der Waals surface area contributed by atoms with Gasteiger partial charge in [-0.3, -0.25) is 4.79 Å². The molecule has 3 aliphatic heterocycles. The van der Waals surface area contributed by atoms with Gasteiger partial charge in [0.05, 0.1) is 12.0 Å². The molecule has 28 heavy (non-hydrogen) atoms. The molecule has 0 aromatic heterocycles. The zero-order valence-corrected chi connectivity index (χ0v) is 17.2. The summed E-state index contributed by atoms with van der Waals surface area (Å²) in [5.41, 5.74) is 0.846. The Labute approximate surface area is 171 Å². The number of hydrogen-bond acceptors (Lipinski definition) is 3. The number of piperidine rings is 1. The molecule has 1 aromatic carbocycles. The van der Waals surface area contributed by atoms with Crippen molar-refractivity contribution < 1.29 is 14.3 Å². The van der Waals surface area contributed by atoms with Gasteiger partial charge in [-0.1, -0.05) is 23.7 Å². The first-order valence-corrected chi connectivity index (χ1v) is 10.5. The van der Waals surface area contributed by atoms with E-state index in [4.69, 9.17) is 16.3 Å². The molecule has 0 N–H and O–H groups in total. The van der Waals surface area contributed by atoms with E-state index in [1.165, 1.54) is 0 Å². The van der Waals surface area contributed by atoms with Crippen molar-refractivity contribution in [2.24, 2.45) is 0 Å². The van der Waals surface area contributed by atoms with Crippen LogP contribution < -0.4 is 0 Å². The van der Waals surface area contributed by atoms with E-state index in [-0.39, 0.29) is 23.5 Å². The SMILES string of the molecule is CN1CC2(CCOCC2)N(C2CCN(C(=O)Cc3cccc(Cl)c3)CC2)C1=O. The number of urea groups is 1. The Balaban J connectivity index is 1.39. The molecular weight excluding hydrogens is 378 g/mol. The Hall–Kier alpha value is -1.79.